The van der Waals surface area contributed by atoms with Gasteiger partial charge in [-0.05, 0) is 18.6 Å². The van der Waals surface area contributed by atoms with Crippen molar-refractivity contribution in [1.29, 1.82) is 0 Å². The van der Waals surface area contributed by atoms with Gasteiger partial charge in [-0.2, -0.15) is 0 Å². The lowest BCUT2D eigenvalue weighted by Gasteiger charge is -2.03. The number of carbonyl (C=O) groups excluding carboxylic acids is 1. The summed E-state index contributed by atoms with van der Waals surface area (Å²) in [6.45, 7) is 2.29. The number of nitrogens with one attached hydrogen (secondary N) is 1. The lowest BCUT2D eigenvalue weighted by molar-refractivity contribution is -0.118. The Morgan fingerprint density at radius 2 is 0.871 bits per heavy atom. The minimum absolute atomic E-state index is 0.151. The van der Waals surface area contributed by atoms with Crippen LogP contribution >= 0.6 is 0 Å². The summed E-state index contributed by atoms with van der Waals surface area (Å²) in [7, 11) is 0. The van der Waals surface area contributed by atoms with Crippen LogP contribution in [0.4, 0.5) is 0 Å². The second-order valence-corrected chi connectivity index (χ2v) is 8.85. The van der Waals surface area contributed by atoms with Crippen molar-refractivity contribution in [1.82, 2.24) is 5.32 Å². The molecule has 3 nitrogen and oxygen atoms in total. The number of primary amides is 1. The van der Waals surface area contributed by atoms with Crippen LogP contribution in [0, 0.1) is 0 Å². The van der Waals surface area contributed by atoms with Gasteiger partial charge in [0.15, 0.2) is 0 Å². The largest absolute Gasteiger partial charge is 0.370 e. The number of nitrogens with two attached hydrogens (primary N) is 1. The Balaban J connectivity index is 0.00000107. The van der Waals surface area contributed by atoms with Crippen LogP contribution in [0.2, 0.25) is 0 Å². The normalized spacial score (nSPS) is 12.2. The van der Waals surface area contributed by atoms with Gasteiger partial charge < -0.3 is 11.1 Å². The average molecular weight is 433 g/mol. The van der Waals surface area contributed by atoms with Crippen LogP contribution in [0.5, 0.6) is 0 Å². The van der Waals surface area contributed by atoms with Crippen LogP contribution in [-0.2, 0) is 4.79 Å². The zero-order valence-electron chi connectivity index (χ0n) is 20.6. The molecule has 0 bridgehead atoms. The number of amides is 1. The molecule has 1 aliphatic rings. The maximum atomic E-state index is 10.6. The van der Waals surface area contributed by atoms with Crippen LogP contribution in [-0.4, -0.2) is 5.91 Å². The molecule has 0 unspecified atom stereocenters. The molecular weight excluding hydrogens is 380 g/mol. The molecule has 0 saturated carbocycles. The fourth-order valence-corrected chi connectivity index (χ4v) is 3.78. The highest BCUT2D eigenvalue weighted by Gasteiger charge is 1.96. The van der Waals surface area contributed by atoms with Crippen molar-refractivity contribution in [2.75, 3.05) is 0 Å². The van der Waals surface area contributed by atoms with Crippen molar-refractivity contribution in [3.05, 3.63) is 36.7 Å². The Labute approximate surface area is 194 Å². The SMILES string of the molecule is C1=CC=CNC=C1.CCCCCCCCCCCCCCCCCCCCCC(N)=O. The molecule has 0 aromatic heterocycles. The lowest BCUT2D eigenvalue weighted by Crippen LogP contribution is -2.09. The Morgan fingerprint density at radius 1 is 0.548 bits per heavy atom. The summed E-state index contributed by atoms with van der Waals surface area (Å²) in [4.78, 5) is 10.6. The highest BCUT2D eigenvalue weighted by molar-refractivity contribution is 5.73. The molecule has 0 atom stereocenters. The van der Waals surface area contributed by atoms with E-state index in [0.717, 1.165) is 6.42 Å². The van der Waals surface area contributed by atoms with E-state index in [9.17, 15) is 4.79 Å². The number of hydrogen-bond acceptors (Lipinski definition) is 2. The molecule has 0 fully saturated rings. The van der Waals surface area contributed by atoms with Gasteiger partial charge in [-0.25, -0.2) is 0 Å². The first kappa shape index (κ1) is 29.5. The van der Waals surface area contributed by atoms with Gasteiger partial charge in [-0.3, -0.25) is 4.79 Å². The molecule has 0 spiro atoms. The zero-order valence-corrected chi connectivity index (χ0v) is 20.6. The molecule has 1 amide bonds. The van der Waals surface area contributed by atoms with Crippen LogP contribution in [0.3, 0.4) is 0 Å². The van der Waals surface area contributed by atoms with Gasteiger partial charge in [0.25, 0.3) is 0 Å². The standard InChI is InChI=1S/C22H45NO.C6H7N/c1-2-3-4-5-6-7-8-9-10-11-12-13-14-15-16-17-18-19-20-21-22(23)24;1-2-4-6-7-5-3-1/h2-21H2,1H3,(H2,23,24);1-7H. The first-order chi connectivity index (χ1) is 15.3. The summed E-state index contributed by atoms with van der Waals surface area (Å²) < 4.78 is 0. The zero-order chi connectivity index (χ0) is 22.7. The predicted molar refractivity (Wildman–Crippen MR) is 138 cm³/mol. The second kappa shape index (κ2) is 26.5. The highest BCUT2D eigenvalue weighted by atomic mass is 16.1. The van der Waals surface area contributed by atoms with E-state index in [1.807, 2.05) is 36.7 Å². The molecule has 3 heteroatoms. The maximum Gasteiger partial charge on any atom is 0.217 e. The van der Waals surface area contributed by atoms with Crippen LogP contribution in [0.1, 0.15) is 135 Å². The van der Waals surface area contributed by atoms with Gasteiger partial charge in [0, 0.05) is 18.8 Å². The van der Waals surface area contributed by atoms with Crippen LogP contribution < -0.4 is 11.1 Å². The van der Waals surface area contributed by atoms with Gasteiger partial charge in [0.05, 0.1) is 0 Å². The molecule has 0 aromatic rings. The molecule has 1 aliphatic heterocycles. The van der Waals surface area contributed by atoms with Gasteiger partial charge in [-0.1, -0.05) is 135 Å². The van der Waals surface area contributed by atoms with Crippen molar-refractivity contribution < 1.29 is 4.79 Å². The molecule has 31 heavy (non-hydrogen) atoms. The number of rotatable bonds is 20. The molecule has 0 saturated heterocycles. The van der Waals surface area contributed by atoms with E-state index < -0.39 is 0 Å². The monoisotopic (exact) mass is 432 g/mol. The minimum Gasteiger partial charge on any atom is -0.370 e. The van der Waals surface area contributed by atoms with E-state index in [2.05, 4.69) is 12.2 Å². The highest BCUT2D eigenvalue weighted by Crippen LogP contribution is 2.14. The third-order valence-corrected chi connectivity index (χ3v) is 5.74. The van der Waals surface area contributed by atoms with E-state index in [0.29, 0.717) is 6.42 Å². The minimum atomic E-state index is -0.151. The fourth-order valence-electron chi connectivity index (χ4n) is 3.78. The molecular formula is C28H52N2O. The molecule has 1 rings (SSSR count). The van der Waals surface area contributed by atoms with Gasteiger partial charge in [0.2, 0.25) is 5.91 Å². The van der Waals surface area contributed by atoms with Gasteiger partial charge in [-0.15, -0.1) is 0 Å². The Kier molecular flexibility index (Phi) is 25.2. The van der Waals surface area contributed by atoms with Gasteiger partial charge >= 0.3 is 0 Å². The summed E-state index contributed by atoms with van der Waals surface area (Å²) >= 11 is 0. The molecule has 0 aliphatic carbocycles. The summed E-state index contributed by atoms with van der Waals surface area (Å²) in [6, 6.07) is 0. The Morgan fingerprint density at radius 3 is 1.19 bits per heavy atom. The number of carbonyl (C=O) groups is 1. The van der Waals surface area contributed by atoms with Crippen LogP contribution in [0.15, 0.2) is 36.7 Å². The Hall–Kier alpha value is -1.51. The fraction of sp³-hybridized carbons (Fsp3) is 0.750. The van der Waals surface area contributed by atoms with E-state index in [-0.39, 0.29) is 5.91 Å². The summed E-state index contributed by atoms with van der Waals surface area (Å²) in [5.74, 6) is -0.151. The second-order valence-electron chi connectivity index (χ2n) is 8.85. The Bertz CT molecular complexity index is 440. The van der Waals surface area contributed by atoms with Crippen molar-refractivity contribution >= 4 is 5.91 Å². The molecule has 1 heterocycles. The average Bonchev–Trinajstić information content (AvgIpc) is 3.09. The van der Waals surface area contributed by atoms with Crippen molar-refractivity contribution in [2.45, 2.75) is 135 Å². The smallest absolute Gasteiger partial charge is 0.217 e. The molecule has 0 aromatic carbocycles. The van der Waals surface area contributed by atoms with Crippen molar-refractivity contribution in [3.63, 3.8) is 0 Å². The number of unbranched alkanes of at least 4 members (excludes halogenated alkanes) is 18. The first-order valence-corrected chi connectivity index (χ1v) is 13.3. The third-order valence-electron chi connectivity index (χ3n) is 5.74. The number of hydrogen-bond donors (Lipinski definition) is 2. The van der Waals surface area contributed by atoms with Crippen LogP contribution in [0.25, 0.3) is 0 Å². The maximum absolute atomic E-state index is 10.6. The van der Waals surface area contributed by atoms with Gasteiger partial charge in [0.1, 0.15) is 0 Å². The van der Waals surface area contributed by atoms with Crippen molar-refractivity contribution in [2.24, 2.45) is 5.73 Å². The molecule has 180 valence electrons. The number of allylic oxidation sites excluding steroid dienone is 4. The quantitative estimate of drug-likeness (QED) is 0.189. The summed E-state index contributed by atoms with van der Waals surface area (Å²) in [5, 5.41) is 2.92. The van der Waals surface area contributed by atoms with E-state index in [1.54, 1.807) is 0 Å². The predicted octanol–water partition coefficient (Wildman–Crippen LogP) is 8.47. The van der Waals surface area contributed by atoms with E-state index >= 15 is 0 Å². The third kappa shape index (κ3) is 28.5. The first-order valence-electron chi connectivity index (χ1n) is 13.3. The summed E-state index contributed by atoms with van der Waals surface area (Å²) in [5.41, 5.74) is 5.13. The lowest BCUT2D eigenvalue weighted by atomic mass is 10.0. The van der Waals surface area contributed by atoms with Crippen molar-refractivity contribution in [3.8, 4) is 0 Å². The van der Waals surface area contributed by atoms with E-state index in [1.165, 1.54) is 116 Å². The summed E-state index contributed by atoms with van der Waals surface area (Å²) in [6.07, 6.45) is 38.4. The topological polar surface area (TPSA) is 55.1 Å². The van der Waals surface area contributed by atoms with E-state index in [4.69, 9.17) is 5.73 Å². The molecule has 3 N–H and O–H groups in total. The molecule has 0 radical (unpaired) electrons.